The summed E-state index contributed by atoms with van der Waals surface area (Å²) < 4.78 is 0. The number of primary amides is 1. The van der Waals surface area contributed by atoms with Crippen LogP contribution in [0.25, 0.3) is 0 Å². The van der Waals surface area contributed by atoms with E-state index in [2.05, 4.69) is 10.3 Å². The molecule has 0 radical (unpaired) electrons. The summed E-state index contributed by atoms with van der Waals surface area (Å²) >= 11 is 0.944. The quantitative estimate of drug-likeness (QED) is 0.669. The lowest BCUT2D eigenvalue weighted by Gasteiger charge is -2.20. The van der Waals surface area contributed by atoms with Gasteiger partial charge in [0, 0.05) is 13.5 Å². The lowest BCUT2D eigenvalue weighted by Crippen LogP contribution is -2.37. The number of carbonyl (C=O) groups is 3. The lowest BCUT2D eigenvalue weighted by molar-refractivity contribution is -0.125. The zero-order valence-corrected chi connectivity index (χ0v) is 11.6. The van der Waals surface area contributed by atoms with Crippen LogP contribution in [0.1, 0.15) is 40.9 Å². The third-order valence-electron chi connectivity index (χ3n) is 2.50. The second-order valence-electron chi connectivity index (χ2n) is 4.66. The zero-order valence-electron chi connectivity index (χ0n) is 10.8. The summed E-state index contributed by atoms with van der Waals surface area (Å²) in [5.41, 5.74) is 4.14. The van der Waals surface area contributed by atoms with Crippen LogP contribution in [0.4, 0.5) is 5.13 Å². The molecule has 104 valence electrons. The van der Waals surface area contributed by atoms with Crippen LogP contribution in [0.5, 0.6) is 0 Å². The van der Waals surface area contributed by atoms with Crippen molar-refractivity contribution in [3.05, 3.63) is 10.6 Å². The molecule has 1 aromatic heterocycles. The minimum Gasteiger partial charge on any atom is -0.476 e. The van der Waals surface area contributed by atoms with E-state index in [0.29, 0.717) is 0 Å². The van der Waals surface area contributed by atoms with Crippen molar-refractivity contribution in [1.82, 2.24) is 4.98 Å². The Morgan fingerprint density at radius 1 is 1.42 bits per heavy atom. The number of carboxylic acids is 1. The van der Waals surface area contributed by atoms with Gasteiger partial charge < -0.3 is 16.2 Å². The molecule has 0 spiro atoms. The van der Waals surface area contributed by atoms with Crippen molar-refractivity contribution in [3.8, 4) is 0 Å². The van der Waals surface area contributed by atoms with Gasteiger partial charge in [0.25, 0.3) is 0 Å². The average Bonchev–Trinajstić information content (AvgIpc) is 2.70. The van der Waals surface area contributed by atoms with Gasteiger partial charge in [0.15, 0.2) is 16.6 Å². The maximum absolute atomic E-state index is 11.3. The number of nitrogens with one attached hydrogen (secondary N) is 1. The Balaban J connectivity index is 2.92. The van der Waals surface area contributed by atoms with Gasteiger partial charge in [-0.25, -0.2) is 9.78 Å². The second-order valence-corrected chi connectivity index (χ2v) is 5.66. The van der Waals surface area contributed by atoms with E-state index in [1.165, 1.54) is 6.92 Å². The smallest absolute Gasteiger partial charge is 0.356 e. The van der Waals surface area contributed by atoms with Gasteiger partial charge in [-0.2, -0.15) is 0 Å². The van der Waals surface area contributed by atoms with Gasteiger partial charge in [-0.05, 0) is 13.8 Å². The Hall–Kier alpha value is -1.96. The van der Waals surface area contributed by atoms with Crippen LogP contribution in [0.3, 0.4) is 0 Å². The Morgan fingerprint density at radius 2 is 2.00 bits per heavy atom. The number of nitrogens with zero attached hydrogens (tertiary/aromatic N) is 1. The van der Waals surface area contributed by atoms with E-state index in [9.17, 15) is 14.4 Å². The molecule has 8 heteroatoms. The standard InChI is InChI=1S/C11H15N3O4S/c1-5(15)7-6(8(16)17)14-10(19-7)13-4-11(2,3)9(12)18/h4H2,1-3H3,(H2,12,18)(H,13,14)(H,16,17). The molecule has 0 aliphatic rings. The number of thiazole rings is 1. The third-order valence-corrected chi connectivity index (χ3v) is 3.61. The first-order valence-corrected chi connectivity index (χ1v) is 6.25. The number of aromatic nitrogens is 1. The van der Waals surface area contributed by atoms with E-state index >= 15 is 0 Å². The molecule has 1 heterocycles. The van der Waals surface area contributed by atoms with Crippen LogP contribution in [-0.2, 0) is 4.79 Å². The van der Waals surface area contributed by atoms with Crippen LogP contribution in [0.15, 0.2) is 0 Å². The van der Waals surface area contributed by atoms with Gasteiger partial charge in [0.2, 0.25) is 5.91 Å². The summed E-state index contributed by atoms with van der Waals surface area (Å²) in [6.45, 7) is 4.78. The van der Waals surface area contributed by atoms with Gasteiger partial charge in [-0.3, -0.25) is 9.59 Å². The lowest BCUT2D eigenvalue weighted by atomic mass is 9.93. The number of Topliss-reactive ketones (excluding diaryl/α,β-unsaturated/α-hetero) is 1. The Bertz CT molecular complexity index is 505. The number of aromatic carboxylic acids is 1. The van der Waals surface area contributed by atoms with Gasteiger partial charge in [-0.15, -0.1) is 0 Å². The summed E-state index contributed by atoms with van der Waals surface area (Å²) in [5, 5.41) is 12.0. The van der Waals surface area contributed by atoms with Gasteiger partial charge in [-0.1, -0.05) is 11.3 Å². The molecule has 0 fully saturated rings. The number of anilines is 1. The first-order chi connectivity index (χ1) is 8.65. The monoisotopic (exact) mass is 285 g/mol. The van der Waals surface area contributed by atoms with Crippen LogP contribution in [0, 0.1) is 5.41 Å². The summed E-state index contributed by atoms with van der Waals surface area (Å²) in [5.74, 6) is -2.11. The average molecular weight is 285 g/mol. The van der Waals surface area contributed by atoms with E-state index < -0.39 is 17.3 Å². The first kappa shape index (κ1) is 15.1. The SMILES string of the molecule is CC(=O)c1sc(NCC(C)(C)C(N)=O)nc1C(=O)O. The number of rotatable bonds is 6. The Labute approximate surface area is 113 Å². The Morgan fingerprint density at radius 3 is 2.37 bits per heavy atom. The molecule has 0 saturated heterocycles. The first-order valence-electron chi connectivity index (χ1n) is 5.44. The molecule has 1 amide bonds. The highest BCUT2D eigenvalue weighted by atomic mass is 32.1. The number of hydrogen-bond donors (Lipinski definition) is 3. The maximum Gasteiger partial charge on any atom is 0.356 e. The van der Waals surface area contributed by atoms with E-state index in [0.717, 1.165) is 11.3 Å². The van der Waals surface area contributed by atoms with Crippen molar-refractivity contribution in [2.45, 2.75) is 20.8 Å². The second kappa shape index (κ2) is 5.35. The predicted octanol–water partition coefficient (Wildman–Crippen LogP) is 0.967. The van der Waals surface area contributed by atoms with Crippen molar-refractivity contribution in [3.63, 3.8) is 0 Å². The fourth-order valence-electron chi connectivity index (χ4n) is 1.16. The molecule has 0 unspecified atom stereocenters. The zero-order chi connectivity index (χ0) is 14.8. The molecular weight excluding hydrogens is 270 g/mol. The molecule has 1 aromatic rings. The molecule has 0 aliphatic carbocycles. The number of carboxylic acid groups (broad SMARTS) is 1. The van der Waals surface area contributed by atoms with Crippen molar-refractivity contribution in [2.24, 2.45) is 11.1 Å². The molecule has 0 atom stereocenters. The maximum atomic E-state index is 11.3. The summed E-state index contributed by atoms with van der Waals surface area (Å²) in [7, 11) is 0. The third kappa shape index (κ3) is 3.50. The summed E-state index contributed by atoms with van der Waals surface area (Å²) in [6, 6.07) is 0. The minimum atomic E-state index is -1.26. The van der Waals surface area contributed by atoms with E-state index in [1.54, 1.807) is 13.8 Å². The molecule has 4 N–H and O–H groups in total. The van der Waals surface area contributed by atoms with Crippen LogP contribution in [0.2, 0.25) is 0 Å². The van der Waals surface area contributed by atoms with Crippen molar-refractivity contribution >= 4 is 34.1 Å². The van der Waals surface area contributed by atoms with Gasteiger partial charge in [0.05, 0.1) is 5.41 Å². The topological polar surface area (TPSA) is 122 Å². The fourth-order valence-corrected chi connectivity index (χ4v) is 2.01. The number of amides is 1. The van der Waals surface area contributed by atoms with E-state index in [4.69, 9.17) is 10.8 Å². The van der Waals surface area contributed by atoms with Crippen molar-refractivity contribution in [1.29, 1.82) is 0 Å². The highest BCUT2D eigenvalue weighted by Crippen LogP contribution is 2.25. The molecular formula is C11H15N3O4S. The van der Waals surface area contributed by atoms with E-state index in [1.807, 2.05) is 0 Å². The molecule has 0 bridgehead atoms. The molecule has 7 nitrogen and oxygen atoms in total. The Kier molecular flexibility index (Phi) is 4.25. The van der Waals surface area contributed by atoms with Crippen molar-refractivity contribution < 1.29 is 19.5 Å². The van der Waals surface area contributed by atoms with Crippen LogP contribution < -0.4 is 11.1 Å². The molecule has 0 aliphatic heterocycles. The van der Waals surface area contributed by atoms with Crippen LogP contribution in [-0.4, -0.2) is 34.3 Å². The predicted molar refractivity (Wildman–Crippen MR) is 70.5 cm³/mol. The summed E-state index contributed by atoms with van der Waals surface area (Å²) in [6.07, 6.45) is 0. The minimum absolute atomic E-state index is 0.0758. The number of ketones is 1. The molecule has 0 saturated carbocycles. The number of nitrogens with two attached hydrogens (primary N) is 1. The molecule has 19 heavy (non-hydrogen) atoms. The number of hydrogen-bond acceptors (Lipinski definition) is 6. The molecule has 0 aromatic carbocycles. The largest absolute Gasteiger partial charge is 0.476 e. The van der Waals surface area contributed by atoms with Crippen molar-refractivity contribution in [2.75, 3.05) is 11.9 Å². The fraction of sp³-hybridized carbons (Fsp3) is 0.455. The van der Waals surface area contributed by atoms with Crippen LogP contribution >= 0.6 is 11.3 Å². The summed E-state index contributed by atoms with van der Waals surface area (Å²) in [4.78, 5) is 37.3. The van der Waals surface area contributed by atoms with E-state index in [-0.39, 0.29) is 28.0 Å². The van der Waals surface area contributed by atoms with Gasteiger partial charge in [0.1, 0.15) is 4.88 Å². The highest BCUT2D eigenvalue weighted by molar-refractivity contribution is 7.17. The molecule has 1 rings (SSSR count). The van der Waals surface area contributed by atoms with Gasteiger partial charge >= 0.3 is 5.97 Å². The number of carbonyl (C=O) groups excluding carboxylic acids is 2. The highest BCUT2D eigenvalue weighted by Gasteiger charge is 2.26. The normalized spacial score (nSPS) is 11.1.